The van der Waals surface area contributed by atoms with Gasteiger partial charge in [-0.15, -0.1) is 23.5 Å². The Morgan fingerprint density at radius 2 is 1.56 bits per heavy atom. The number of hydrogen-bond acceptors (Lipinski definition) is 7. The van der Waals surface area contributed by atoms with Gasteiger partial charge in [-0.1, -0.05) is 12.1 Å². The summed E-state index contributed by atoms with van der Waals surface area (Å²) >= 11 is 2.84. The second kappa shape index (κ2) is 11.0. The highest BCUT2D eigenvalue weighted by atomic mass is 32.2. The molecule has 0 fully saturated rings. The zero-order valence-corrected chi connectivity index (χ0v) is 19.5. The number of aromatic nitrogens is 2. The molecule has 0 saturated heterocycles. The molecular formula is C23H23N3O4S2. The Balaban J connectivity index is 1.72. The topological polar surface area (TPSA) is 101 Å². The lowest BCUT2D eigenvalue weighted by atomic mass is 10.1. The summed E-state index contributed by atoms with van der Waals surface area (Å²) in [5.41, 5.74) is 2.86. The molecule has 0 aliphatic rings. The van der Waals surface area contributed by atoms with Crippen LogP contribution in [0.2, 0.25) is 0 Å². The number of thioether (sulfide) groups is 2. The number of aliphatic carboxylic acids is 1. The van der Waals surface area contributed by atoms with Gasteiger partial charge in [-0.25, -0.2) is 9.97 Å². The quantitative estimate of drug-likeness (QED) is 0.351. The van der Waals surface area contributed by atoms with Crippen LogP contribution in [0.5, 0.6) is 5.75 Å². The minimum Gasteiger partial charge on any atom is -0.497 e. The van der Waals surface area contributed by atoms with E-state index in [9.17, 15) is 14.7 Å². The van der Waals surface area contributed by atoms with E-state index in [0.29, 0.717) is 44.9 Å². The molecule has 0 spiro atoms. The number of benzene rings is 2. The number of nitrogens with one attached hydrogen (secondary N) is 1. The van der Waals surface area contributed by atoms with Gasteiger partial charge in [0.05, 0.1) is 13.5 Å². The van der Waals surface area contributed by atoms with E-state index in [1.54, 1.807) is 31.4 Å². The molecule has 0 unspecified atom stereocenters. The van der Waals surface area contributed by atoms with Crippen LogP contribution in [0.25, 0.3) is 0 Å². The summed E-state index contributed by atoms with van der Waals surface area (Å²) in [6.45, 7) is 0. The number of nitrogens with zero attached hydrogens (tertiary/aromatic N) is 2. The van der Waals surface area contributed by atoms with Crippen LogP contribution in [0, 0.1) is 0 Å². The highest BCUT2D eigenvalue weighted by Gasteiger charge is 2.16. The van der Waals surface area contributed by atoms with E-state index in [2.05, 4.69) is 15.3 Å². The molecule has 9 heteroatoms. The van der Waals surface area contributed by atoms with Gasteiger partial charge in [-0.2, -0.15) is 0 Å². The van der Waals surface area contributed by atoms with E-state index >= 15 is 0 Å². The van der Waals surface area contributed by atoms with E-state index in [1.165, 1.54) is 23.5 Å². The number of carbonyl (C=O) groups excluding carboxylic acids is 1. The third-order valence-electron chi connectivity index (χ3n) is 4.62. The number of ether oxygens (including phenoxy) is 1. The Morgan fingerprint density at radius 3 is 2.06 bits per heavy atom. The molecule has 0 radical (unpaired) electrons. The normalized spacial score (nSPS) is 10.6. The van der Waals surface area contributed by atoms with E-state index < -0.39 is 5.97 Å². The lowest BCUT2D eigenvalue weighted by Crippen LogP contribution is -2.11. The maximum Gasteiger partial charge on any atom is 0.308 e. The van der Waals surface area contributed by atoms with Gasteiger partial charge in [0, 0.05) is 23.2 Å². The van der Waals surface area contributed by atoms with Crippen molar-refractivity contribution in [3.05, 3.63) is 71.0 Å². The van der Waals surface area contributed by atoms with Crippen LogP contribution in [-0.2, 0) is 17.6 Å². The summed E-state index contributed by atoms with van der Waals surface area (Å²) in [5.74, 6) is 0.215. The fourth-order valence-corrected chi connectivity index (χ4v) is 4.33. The molecule has 3 rings (SSSR count). The molecule has 1 heterocycles. The molecule has 2 aromatic carbocycles. The van der Waals surface area contributed by atoms with Crippen LogP contribution in [-0.4, -0.2) is 46.6 Å². The van der Waals surface area contributed by atoms with E-state index in [4.69, 9.17) is 4.74 Å². The lowest BCUT2D eigenvalue weighted by molar-refractivity contribution is -0.136. The van der Waals surface area contributed by atoms with Crippen LogP contribution in [0.3, 0.4) is 0 Å². The summed E-state index contributed by atoms with van der Waals surface area (Å²) in [5, 5.41) is 13.4. The maximum absolute atomic E-state index is 12.4. The first-order valence-electron chi connectivity index (χ1n) is 9.67. The number of carboxylic acids is 1. The van der Waals surface area contributed by atoms with Crippen molar-refractivity contribution in [3.63, 3.8) is 0 Å². The lowest BCUT2D eigenvalue weighted by Gasteiger charge is -2.12. The Labute approximate surface area is 195 Å². The number of hydrogen-bond donors (Lipinski definition) is 2. The van der Waals surface area contributed by atoms with Crippen molar-refractivity contribution >= 4 is 41.1 Å². The number of rotatable bonds is 9. The van der Waals surface area contributed by atoms with Gasteiger partial charge < -0.3 is 15.2 Å². The highest BCUT2D eigenvalue weighted by molar-refractivity contribution is 7.99. The van der Waals surface area contributed by atoms with Crippen LogP contribution in [0.4, 0.5) is 5.69 Å². The number of carbonyl (C=O) groups is 2. The molecule has 166 valence electrons. The minimum atomic E-state index is -0.903. The van der Waals surface area contributed by atoms with Gasteiger partial charge in [0.25, 0.3) is 5.91 Å². The van der Waals surface area contributed by atoms with E-state index in [1.807, 2.05) is 36.8 Å². The average molecular weight is 470 g/mol. The Kier molecular flexibility index (Phi) is 8.13. The summed E-state index contributed by atoms with van der Waals surface area (Å²) in [7, 11) is 1.58. The van der Waals surface area contributed by atoms with Crippen LogP contribution < -0.4 is 10.1 Å². The van der Waals surface area contributed by atoms with Crippen LogP contribution >= 0.6 is 23.5 Å². The molecule has 2 N–H and O–H groups in total. The first kappa shape index (κ1) is 23.6. The number of methoxy groups -OCH3 is 1. The predicted molar refractivity (Wildman–Crippen MR) is 127 cm³/mol. The largest absolute Gasteiger partial charge is 0.497 e. The summed E-state index contributed by atoms with van der Waals surface area (Å²) < 4.78 is 5.11. The van der Waals surface area contributed by atoms with Crippen LogP contribution in [0.1, 0.15) is 27.3 Å². The molecule has 0 aliphatic carbocycles. The Bertz CT molecular complexity index is 1080. The number of carboxylic acid groups (broad SMARTS) is 1. The highest BCUT2D eigenvalue weighted by Crippen LogP contribution is 2.28. The SMILES string of the molecule is COc1ccc(C(=O)Nc2ccc(Cc3nc(SC)c(CC(=O)O)c(SC)n3)cc2)cc1. The molecule has 0 aliphatic heterocycles. The zero-order valence-electron chi connectivity index (χ0n) is 17.9. The Hall–Kier alpha value is -3.04. The summed E-state index contributed by atoms with van der Waals surface area (Å²) in [6, 6.07) is 14.4. The number of anilines is 1. The van der Waals surface area contributed by atoms with E-state index in [0.717, 1.165) is 5.56 Å². The molecule has 1 amide bonds. The second-order valence-corrected chi connectivity index (χ2v) is 8.35. The van der Waals surface area contributed by atoms with Crippen LogP contribution in [0.15, 0.2) is 58.6 Å². The minimum absolute atomic E-state index is 0.102. The van der Waals surface area contributed by atoms with Crippen molar-refractivity contribution in [2.75, 3.05) is 24.9 Å². The molecule has 0 atom stereocenters. The third-order valence-corrected chi connectivity index (χ3v) is 6.07. The van der Waals surface area contributed by atoms with Gasteiger partial charge in [0.1, 0.15) is 21.6 Å². The molecule has 0 saturated carbocycles. The van der Waals surface area contributed by atoms with Crippen molar-refractivity contribution in [2.24, 2.45) is 0 Å². The molecule has 0 bridgehead atoms. The van der Waals surface area contributed by atoms with Gasteiger partial charge >= 0.3 is 5.97 Å². The van der Waals surface area contributed by atoms with Crippen molar-refractivity contribution in [1.29, 1.82) is 0 Å². The molecule has 3 aromatic rings. The summed E-state index contributed by atoms with van der Waals surface area (Å²) in [4.78, 5) is 32.8. The van der Waals surface area contributed by atoms with Crippen molar-refractivity contribution in [2.45, 2.75) is 22.9 Å². The molecule has 1 aromatic heterocycles. The van der Waals surface area contributed by atoms with Gasteiger partial charge in [0.2, 0.25) is 0 Å². The van der Waals surface area contributed by atoms with Crippen molar-refractivity contribution in [3.8, 4) is 5.75 Å². The third kappa shape index (κ3) is 6.02. The van der Waals surface area contributed by atoms with E-state index in [-0.39, 0.29) is 12.3 Å². The fraction of sp³-hybridized carbons (Fsp3) is 0.217. The van der Waals surface area contributed by atoms with Crippen molar-refractivity contribution < 1.29 is 19.4 Å². The molecule has 32 heavy (non-hydrogen) atoms. The average Bonchev–Trinajstić information content (AvgIpc) is 2.80. The number of amides is 1. The monoisotopic (exact) mass is 469 g/mol. The Morgan fingerprint density at radius 1 is 0.969 bits per heavy atom. The van der Waals surface area contributed by atoms with Gasteiger partial charge in [0.15, 0.2) is 0 Å². The van der Waals surface area contributed by atoms with Gasteiger partial charge in [-0.05, 0) is 54.5 Å². The fourth-order valence-electron chi connectivity index (χ4n) is 3.04. The van der Waals surface area contributed by atoms with Crippen molar-refractivity contribution in [1.82, 2.24) is 9.97 Å². The smallest absolute Gasteiger partial charge is 0.308 e. The maximum atomic E-state index is 12.4. The first-order valence-corrected chi connectivity index (χ1v) is 12.1. The molecule has 7 nitrogen and oxygen atoms in total. The van der Waals surface area contributed by atoms with Gasteiger partial charge in [-0.3, -0.25) is 9.59 Å². The standard InChI is InChI=1S/C23H23N3O4S2/c1-30-17-10-6-15(7-11-17)21(29)24-16-8-4-14(5-9-16)12-19-25-22(31-2)18(13-20(27)28)23(26-19)32-3/h4-11H,12-13H2,1-3H3,(H,24,29)(H,27,28). The summed E-state index contributed by atoms with van der Waals surface area (Å²) in [6.07, 6.45) is 4.15. The second-order valence-electron chi connectivity index (χ2n) is 6.76. The zero-order chi connectivity index (χ0) is 23.1. The molecular weight excluding hydrogens is 446 g/mol. The first-order chi connectivity index (χ1) is 15.4. The predicted octanol–water partition coefficient (Wildman–Crippen LogP) is 4.40.